The van der Waals surface area contributed by atoms with Gasteiger partial charge in [-0.2, -0.15) is 0 Å². The lowest BCUT2D eigenvalue weighted by Gasteiger charge is -2.28. The normalized spacial score (nSPS) is 17.4. The SMILES string of the molecule is CCCCCCCCCc1ncc(-c2ccc(OC[C@H]3CC[C@H](CCCCCCCCC)CC3)cc2C)cn1. The van der Waals surface area contributed by atoms with Crippen LogP contribution in [0.5, 0.6) is 5.75 Å². The van der Waals surface area contributed by atoms with Crippen LogP contribution in [-0.2, 0) is 6.42 Å². The largest absolute Gasteiger partial charge is 0.493 e. The molecule has 1 aromatic heterocycles. The molecule has 1 aromatic carbocycles. The number of benzene rings is 1. The van der Waals surface area contributed by atoms with Gasteiger partial charge in [0.25, 0.3) is 0 Å². The van der Waals surface area contributed by atoms with Gasteiger partial charge in [-0.25, -0.2) is 9.97 Å². The summed E-state index contributed by atoms with van der Waals surface area (Å²) in [6.07, 6.45) is 31.1. The van der Waals surface area contributed by atoms with Crippen molar-refractivity contribution >= 4 is 0 Å². The fraction of sp³-hybridized carbons (Fsp3) is 0.722. The van der Waals surface area contributed by atoms with E-state index in [4.69, 9.17) is 4.74 Å². The molecule has 3 nitrogen and oxygen atoms in total. The van der Waals surface area contributed by atoms with Gasteiger partial charge in [-0.05, 0) is 61.3 Å². The lowest BCUT2D eigenvalue weighted by atomic mass is 9.80. The maximum Gasteiger partial charge on any atom is 0.128 e. The third kappa shape index (κ3) is 12.4. The van der Waals surface area contributed by atoms with Crippen LogP contribution in [0.25, 0.3) is 11.1 Å². The molecule has 1 saturated carbocycles. The average molecular weight is 535 g/mol. The van der Waals surface area contributed by atoms with E-state index in [1.165, 1.54) is 133 Å². The van der Waals surface area contributed by atoms with Crippen LogP contribution in [0.15, 0.2) is 30.6 Å². The second-order valence-electron chi connectivity index (χ2n) is 12.3. The molecule has 0 bridgehead atoms. The van der Waals surface area contributed by atoms with Crippen molar-refractivity contribution in [3.63, 3.8) is 0 Å². The van der Waals surface area contributed by atoms with E-state index in [1.807, 2.05) is 12.4 Å². The third-order valence-electron chi connectivity index (χ3n) is 8.89. The van der Waals surface area contributed by atoms with Gasteiger partial charge in [0.15, 0.2) is 0 Å². The van der Waals surface area contributed by atoms with Crippen LogP contribution in [-0.4, -0.2) is 16.6 Å². The predicted molar refractivity (Wildman–Crippen MR) is 167 cm³/mol. The molecule has 218 valence electrons. The molecule has 3 rings (SSSR count). The summed E-state index contributed by atoms with van der Waals surface area (Å²) in [5, 5.41) is 0. The standard InChI is InChI=1S/C36H58N2O/c1-4-6-8-10-12-14-16-18-31-20-22-32(23-21-31)29-39-34-24-25-35(30(3)26-34)33-27-37-36(38-28-33)19-17-15-13-11-9-7-5-2/h24-28,31-32H,4-23,29H2,1-3H3/t31-,32-. The Balaban J connectivity index is 1.32. The summed E-state index contributed by atoms with van der Waals surface area (Å²) in [5.74, 6) is 3.65. The van der Waals surface area contributed by atoms with Gasteiger partial charge in [0.2, 0.25) is 0 Å². The highest BCUT2D eigenvalue weighted by Gasteiger charge is 2.21. The number of nitrogens with zero attached hydrogens (tertiary/aromatic N) is 2. The van der Waals surface area contributed by atoms with Gasteiger partial charge in [-0.3, -0.25) is 0 Å². The first kappa shape index (κ1) is 31.6. The molecule has 1 aliphatic carbocycles. The highest BCUT2D eigenvalue weighted by atomic mass is 16.5. The van der Waals surface area contributed by atoms with Gasteiger partial charge in [-0.15, -0.1) is 0 Å². The van der Waals surface area contributed by atoms with E-state index in [9.17, 15) is 0 Å². The monoisotopic (exact) mass is 534 g/mol. The van der Waals surface area contributed by atoms with Gasteiger partial charge in [0, 0.05) is 24.4 Å². The molecule has 0 unspecified atom stereocenters. The molecule has 0 aliphatic heterocycles. The van der Waals surface area contributed by atoms with Crippen molar-refractivity contribution in [2.24, 2.45) is 11.8 Å². The van der Waals surface area contributed by atoms with Crippen LogP contribution in [0.4, 0.5) is 0 Å². The Hall–Kier alpha value is -1.90. The first-order valence-corrected chi connectivity index (χ1v) is 16.7. The van der Waals surface area contributed by atoms with Gasteiger partial charge < -0.3 is 4.74 Å². The van der Waals surface area contributed by atoms with Crippen molar-refractivity contribution in [2.45, 2.75) is 149 Å². The second kappa shape index (κ2) is 19.2. The summed E-state index contributed by atoms with van der Waals surface area (Å²) >= 11 is 0. The molecular weight excluding hydrogens is 476 g/mol. The van der Waals surface area contributed by atoms with Crippen LogP contribution in [0.1, 0.15) is 147 Å². The fourth-order valence-electron chi connectivity index (χ4n) is 6.20. The highest BCUT2D eigenvalue weighted by molar-refractivity contribution is 5.66. The predicted octanol–water partition coefficient (Wildman–Crippen LogP) is 11.1. The quantitative estimate of drug-likeness (QED) is 0.158. The number of unbranched alkanes of at least 4 members (excludes halogenated alkanes) is 12. The molecule has 2 aromatic rings. The van der Waals surface area contributed by atoms with Gasteiger partial charge in [0.05, 0.1) is 6.61 Å². The van der Waals surface area contributed by atoms with Crippen LogP contribution in [0.3, 0.4) is 0 Å². The highest BCUT2D eigenvalue weighted by Crippen LogP contribution is 2.33. The summed E-state index contributed by atoms with van der Waals surface area (Å²) in [7, 11) is 0. The Labute approximate surface area is 241 Å². The molecule has 1 aliphatic rings. The van der Waals surface area contributed by atoms with Crippen LogP contribution < -0.4 is 4.74 Å². The minimum Gasteiger partial charge on any atom is -0.493 e. The fourth-order valence-corrected chi connectivity index (χ4v) is 6.20. The molecule has 1 heterocycles. The zero-order valence-corrected chi connectivity index (χ0v) is 25.7. The van der Waals surface area contributed by atoms with E-state index in [-0.39, 0.29) is 0 Å². The van der Waals surface area contributed by atoms with Gasteiger partial charge in [-0.1, -0.05) is 123 Å². The number of aromatic nitrogens is 2. The molecule has 0 radical (unpaired) electrons. The van der Waals surface area contributed by atoms with Crippen LogP contribution in [0.2, 0.25) is 0 Å². The molecule has 0 spiro atoms. The summed E-state index contributed by atoms with van der Waals surface area (Å²) in [6, 6.07) is 6.49. The number of aryl methyl sites for hydroxylation is 2. The van der Waals surface area contributed by atoms with Crippen molar-refractivity contribution in [1.82, 2.24) is 9.97 Å². The molecule has 3 heteroatoms. The van der Waals surface area contributed by atoms with Crippen molar-refractivity contribution in [2.75, 3.05) is 6.61 Å². The molecule has 0 atom stereocenters. The summed E-state index contributed by atoms with van der Waals surface area (Å²) in [5.41, 5.74) is 3.53. The van der Waals surface area contributed by atoms with E-state index in [1.54, 1.807) is 0 Å². The molecular formula is C36H58N2O. The number of rotatable bonds is 20. The number of hydrogen-bond acceptors (Lipinski definition) is 3. The molecule has 0 amide bonds. The first-order chi connectivity index (χ1) is 19.2. The Kier molecular flexibility index (Phi) is 15.6. The van der Waals surface area contributed by atoms with Gasteiger partial charge >= 0.3 is 0 Å². The zero-order valence-electron chi connectivity index (χ0n) is 25.7. The van der Waals surface area contributed by atoms with Crippen molar-refractivity contribution in [3.8, 4) is 16.9 Å². The third-order valence-corrected chi connectivity index (χ3v) is 8.89. The minimum absolute atomic E-state index is 0.715. The Morgan fingerprint density at radius 1 is 0.692 bits per heavy atom. The van der Waals surface area contributed by atoms with Crippen LogP contribution >= 0.6 is 0 Å². The van der Waals surface area contributed by atoms with Gasteiger partial charge in [0.1, 0.15) is 11.6 Å². The maximum absolute atomic E-state index is 6.27. The lowest BCUT2D eigenvalue weighted by molar-refractivity contribution is 0.177. The number of ether oxygens (including phenoxy) is 1. The number of hydrogen-bond donors (Lipinski definition) is 0. The minimum atomic E-state index is 0.715. The van der Waals surface area contributed by atoms with E-state index in [0.29, 0.717) is 5.92 Å². The van der Waals surface area contributed by atoms with Crippen LogP contribution in [0, 0.1) is 18.8 Å². The van der Waals surface area contributed by atoms with E-state index < -0.39 is 0 Å². The summed E-state index contributed by atoms with van der Waals surface area (Å²) in [4.78, 5) is 9.33. The smallest absolute Gasteiger partial charge is 0.128 e. The second-order valence-corrected chi connectivity index (χ2v) is 12.3. The Morgan fingerprint density at radius 3 is 1.87 bits per heavy atom. The van der Waals surface area contributed by atoms with E-state index in [2.05, 4.69) is 48.9 Å². The average Bonchev–Trinajstić information content (AvgIpc) is 2.96. The maximum atomic E-state index is 6.27. The van der Waals surface area contributed by atoms with E-state index in [0.717, 1.165) is 36.1 Å². The summed E-state index contributed by atoms with van der Waals surface area (Å²) in [6.45, 7) is 7.60. The van der Waals surface area contributed by atoms with Crippen molar-refractivity contribution in [3.05, 3.63) is 42.0 Å². The van der Waals surface area contributed by atoms with Crippen molar-refractivity contribution in [1.29, 1.82) is 0 Å². The molecule has 39 heavy (non-hydrogen) atoms. The first-order valence-electron chi connectivity index (χ1n) is 16.7. The zero-order chi connectivity index (χ0) is 27.5. The summed E-state index contributed by atoms with van der Waals surface area (Å²) < 4.78 is 6.27. The Morgan fingerprint density at radius 2 is 1.26 bits per heavy atom. The molecule has 1 fully saturated rings. The molecule has 0 N–H and O–H groups in total. The lowest BCUT2D eigenvalue weighted by Crippen LogP contribution is -2.20. The topological polar surface area (TPSA) is 35.0 Å². The Bertz CT molecular complexity index is 885. The van der Waals surface area contributed by atoms with E-state index >= 15 is 0 Å². The van der Waals surface area contributed by atoms with Crippen molar-refractivity contribution < 1.29 is 4.74 Å². The molecule has 0 saturated heterocycles.